The second kappa shape index (κ2) is 11.8. The summed E-state index contributed by atoms with van der Waals surface area (Å²) in [5, 5.41) is 20.7. The number of hydrogen-bond acceptors (Lipinski definition) is 6. The van der Waals surface area contributed by atoms with Gasteiger partial charge in [-0.3, -0.25) is 0 Å². The molecule has 0 aliphatic carbocycles. The molecule has 0 radical (unpaired) electrons. The molecule has 5 N–H and O–H groups in total. The van der Waals surface area contributed by atoms with E-state index in [1.165, 1.54) is 35.3 Å². The molecule has 0 aliphatic rings. The van der Waals surface area contributed by atoms with Gasteiger partial charge in [0.15, 0.2) is 11.8 Å². The number of nitrogens with two attached hydrogens (primary N) is 1. The van der Waals surface area contributed by atoms with Crippen molar-refractivity contribution in [1.82, 2.24) is 14.8 Å². The minimum absolute atomic E-state index is 0.0257. The molecular weight excluding hydrogens is 535 g/mol. The Hall–Kier alpha value is -5.36. The summed E-state index contributed by atoms with van der Waals surface area (Å²) in [6.45, 7) is 0. The van der Waals surface area contributed by atoms with Crippen LogP contribution in [-0.2, 0) is 0 Å². The van der Waals surface area contributed by atoms with E-state index in [4.69, 9.17) is 5.73 Å². The van der Waals surface area contributed by atoms with Crippen molar-refractivity contribution in [3.63, 3.8) is 0 Å². The quantitative estimate of drug-likeness (QED) is 0.111. The third-order valence-corrected chi connectivity index (χ3v) is 5.80. The monoisotopic (exact) mass is 559 g/mol. The molecule has 0 saturated carbocycles. The van der Waals surface area contributed by atoms with Gasteiger partial charge in [-0.15, -0.1) is 18.3 Å². The second-order valence-electron chi connectivity index (χ2n) is 8.70. The molecule has 12 heteroatoms. The summed E-state index contributed by atoms with van der Waals surface area (Å²) in [6, 6.07) is 29.6. The van der Waals surface area contributed by atoms with E-state index in [1.54, 1.807) is 24.3 Å². The van der Waals surface area contributed by atoms with Crippen LogP contribution in [0, 0.1) is 0 Å². The van der Waals surface area contributed by atoms with E-state index in [9.17, 15) is 18.3 Å². The van der Waals surface area contributed by atoms with Crippen molar-refractivity contribution >= 4 is 17.3 Å². The van der Waals surface area contributed by atoms with Gasteiger partial charge >= 0.3 is 6.36 Å². The van der Waals surface area contributed by atoms with Gasteiger partial charge in [-0.1, -0.05) is 48.5 Å². The zero-order valence-corrected chi connectivity index (χ0v) is 21.3. The van der Waals surface area contributed by atoms with Crippen molar-refractivity contribution in [3.8, 4) is 34.0 Å². The van der Waals surface area contributed by atoms with Crippen LogP contribution in [0.2, 0.25) is 0 Å². The summed E-state index contributed by atoms with van der Waals surface area (Å²) in [4.78, 5) is 8.34. The lowest BCUT2D eigenvalue weighted by molar-refractivity contribution is -0.274. The highest BCUT2D eigenvalue weighted by Crippen LogP contribution is 2.28. The first-order chi connectivity index (χ1) is 19.7. The van der Waals surface area contributed by atoms with E-state index in [0.29, 0.717) is 22.8 Å². The Morgan fingerprint density at radius 2 is 1.56 bits per heavy atom. The third-order valence-electron chi connectivity index (χ3n) is 5.80. The average molecular weight is 560 g/mol. The molecule has 0 fully saturated rings. The highest BCUT2D eigenvalue weighted by Gasteiger charge is 2.31. The number of benzene rings is 4. The smallest absolute Gasteiger partial charge is 0.406 e. The third kappa shape index (κ3) is 7.19. The minimum atomic E-state index is -4.76. The molecular formula is C29H24F3N7O2. The molecule has 208 valence electrons. The lowest BCUT2D eigenvalue weighted by atomic mass is 10.0. The predicted octanol–water partition coefficient (Wildman–Crippen LogP) is 5.61. The van der Waals surface area contributed by atoms with E-state index in [-0.39, 0.29) is 11.7 Å². The summed E-state index contributed by atoms with van der Waals surface area (Å²) in [5.74, 6) is 0.0970. The number of nitrogens with zero attached hydrogens (tertiary/aromatic N) is 4. The Bertz CT molecular complexity index is 1620. The Morgan fingerprint density at radius 1 is 0.878 bits per heavy atom. The molecule has 1 aromatic heterocycles. The number of aliphatic hydroxyl groups is 1. The maximum atomic E-state index is 12.4. The number of aliphatic imine (C=N–C) groups is 1. The van der Waals surface area contributed by atoms with Gasteiger partial charge in [0.2, 0.25) is 6.35 Å². The Labute approximate surface area is 232 Å². The standard InChI is InChI=1S/C29H24F3N7O2/c30-29(31,32)41-23-16-14-22(15-17-23)39-18-34-26(38-39)20-10-12-21(13-11-20)35-28(40)37-27(33)36-25-9-5-4-8-24(25)19-6-2-1-3-7-19/h1-18,28,35,40H,(H3,33,36,37). The van der Waals surface area contributed by atoms with Crippen LogP contribution in [-0.4, -0.2) is 38.5 Å². The summed E-state index contributed by atoms with van der Waals surface area (Å²) in [7, 11) is 0. The van der Waals surface area contributed by atoms with Gasteiger partial charge in [-0.2, -0.15) is 0 Å². The van der Waals surface area contributed by atoms with Gasteiger partial charge < -0.3 is 26.2 Å². The molecule has 0 bridgehead atoms. The first kappa shape index (κ1) is 27.2. The molecule has 41 heavy (non-hydrogen) atoms. The van der Waals surface area contributed by atoms with Gasteiger partial charge in [0.25, 0.3) is 0 Å². The number of aliphatic hydroxyl groups excluding tert-OH is 1. The average Bonchev–Trinajstić information content (AvgIpc) is 3.44. The van der Waals surface area contributed by atoms with Crippen molar-refractivity contribution in [1.29, 1.82) is 0 Å². The molecule has 1 atom stereocenters. The fourth-order valence-corrected chi connectivity index (χ4v) is 3.98. The molecule has 1 unspecified atom stereocenters. The number of guanidine groups is 1. The first-order valence-electron chi connectivity index (χ1n) is 12.3. The highest BCUT2D eigenvalue weighted by molar-refractivity contribution is 5.96. The van der Waals surface area contributed by atoms with Crippen molar-refractivity contribution in [2.45, 2.75) is 12.7 Å². The number of rotatable bonds is 8. The van der Waals surface area contributed by atoms with Gasteiger partial charge in [0.05, 0.1) is 5.69 Å². The Balaban J connectivity index is 1.21. The van der Waals surface area contributed by atoms with Crippen molar-refractivity contribution in [2.24, 2.45) is 10.7 Å². The maximum Gasteiger partial charge on any atom is 0.573 e. The van der Waals surface area contributed by atoms with Crippen LogP contribution in [0.15, 0.2) is 114 Å². The molecule has 0 aliphatic heterocycles. The van der Waals surface area contributed by atoms with E-state index in [1.807, 2.05) is 54.6 Å². The van der Waals surface area contributed by atoms with Crippen molar-refractivity contribution in [3.05, 3.63) is 109 Å². The number of aromatic nitrogens is 3. The number of ether oxygens (including phenoxy) is 1. The summed E-state index contributed by atoms with van der Waals surface area (Å²) in [5.41, 5.74) is 10.5. The SMILES string of the molecule is NC(=NC(O)Nc1ccc(-c2ncn(-c3ccc(OC(F)(F)F)cc3)n2)cc1)Nc1ccccc1-c1ccccc1. The first-order valence-corrected chi connectivity index (χ1v) is 12.3. The number of hydrogen-bond donors (Lipinski definition) is 4. The summed E-state index contributed by atoms with van der Waals surface area (Å²) < 4.78 is 42.4. The van der Waals surface area contributed by atoms with Crippen LogP contribution < -0.4 is 21.1 Å². The summed E-state index contributed by atoms with van der Waals surface area (Å²) >= 11 is 0. The number of alkyl halides is 3. The van der Waals surface area contributed by atoms with Gasteiger partial charge in [0.1, 0.15) is 12.1 Å². The number of nitrogens with one attached hydrogen (secondary N) is 2. The number of anilines is 2. The maximum absolute atomic E-state index is 12.4. The molecule has 4 aromatic carbocycles. The van der Waals surface area contributed by atoms with Gasteiger partial charge in [0, 0.05) is 22.5 Å². The molecule has 1 heterocycles. The van der Waals surface area contributed by atoms with Crippen LogP contribution in [0.5, 0.6) is 5.75 Å². The molecule has 5 rings (SSSR count). The van der Waals surface area contributed by atoms with E-state index in [2.05, 4.69) is 30.4 Å². The minimum Gasteiger partial charge on any atom is -0.406 e. The predicted molar refractivity (Wildman–Crippen MR) is 150 cm³/mol. The highest BCUT2D eigenvalue weighted by atomic mass is 19.4. The molecule has 9 nitrogen and oxygen atoms in total. The van der Waals surface area contributed by atoms with Gasteiger partial charge in [-0.25, -0.2) is 14.7 Å². The van der Waals surface area contributed by atoms with Crippen LogP contribution in [0.1, 0.15) is 0 Å². The number of para-hydroxylation sites is 1. The molecule has 0 saturated heterocycles. The van der Waals surface area contributed by atoms with Crippen LogP contribution in [0.25, 0.3) is 28.2 Å². The lowest BCUT2D eigenvalue weighted by Crippen LogP contribution is -2.28. The Morgan fingerprint density at radius 3 is 2.27 bits per heavy atom. The fourth-order valence-electron chi connectivity index (χ4n) is 3.98. The largest absolute Gasteiger partial charge is 0.573 e. The molecule has 0 spiro atoms. The fraction of sp³-hybridized carbons (Fsp3) is 0.0690. The molecule has 0 amide bonds. The van der Waals surface area contributed by atoms with E-state index >= 15 is 0 Å². The second-order valence-corrected chi connectivity index (χ2v) is 8.70. The van der Waals surface area contributed by atoms with Crippen LogP contribution >= 0.6 is 0 Å². The van der Waals surface area contributed by atoms with E-state index < -0.39 is 12.7 Å². The van der Waals surface area contributed by atoms with E-state index in [0.717, 1.165) is 16.8 Å². The van der Waals surface area contributed by atoms with Crippen molar-refractivity contribution in [2.75, 3.05) is 10.6 Å². The molecule has 5 aromatic rings. The summed E-state index contributed by atoms with van der Waals surface area (Å²) in [6.07, 6.45) is -4.63. The Kier molecular flexibility index (Phi) is 7.83. The van der Waals surface area contributed by atoms with Gasteiger partial charge in [-0.05, 0) is 60.2 Å². The van der Waals surface area contributed by atoms with Crippen LogP contribution in [0.3, 0.4) is 0 Å². The number of halogens is 3. The van der Waals surface area contributed by atoms with Crippen molar-refractivity contribution < 1.29 is 23.0 Å². The zero-order chi connectivity index (χ0) is 28.8. The zero-order valence-electron chi connectivity index (χ0n) is 21.3. The topological polar surface area (TPSA) is 123 Å². The lowest BCUT2D eigenvalue weighted by Gasteiger charge is -2.14. The normalized spacial score (nSPS) is 12.5. The van der Waals surface area contributed by atoms with Crippen LogP contribution in [0.4, 0.5) is 24.5 Å².